The average molecular weight is 862 g/mol. The van der Waals surface area contributed by atoms with Crippen LogP contribution in [0.25, 0.3) is 0 Å². The number of nitrogens with one attached hydrogen (secondary N) is 1. The molecule has 60 heavy (non-hydrogen) atoms. The number of nitrogens with zero attached hydrogens (tertiary/aromatic N) is 4. The number of piperazine rings is 2. The zero-order valence-corrected chi connectivity index (χ0v) is 37.1. The lowest BCUT2D eigenvalue weighted by Crippen LogP contribution is -2.47. The van der Waals surface area contributed by atoms with Gasteiger partial charge in [0.15, 0.2) is 0 Å². The lowest BCUT2D eigenvalue weighted by atomic mass is 10.1. The van der Waals surface area contributed by atoms with E-state index in [9.17, 15) is 24.0 Å². The first-order valence-electron chi connectivity index (χ1n) is 22.7. The quantitative estimate of drug-likeness (QED) is 0.0564. The summed E-state index contributed by atoms with van der Waals surface area (Å²) in [5, 5.41) is 35.8. The number of aliphatic carboxylic acids is 4. The molecule has 13 N–H and O–H groups in total. The first kappa shape index (κ1) is 59.1. The summed E-state index contributed by atoms with van der Waals surface area (Å²) in [6, 6.07) is 0. The molecule has 3 rings (SSSR count). The average Bonchev–Trinajstić information content (AvgIpc) is 3.48. The fraction of sp³-hybridized carbons (Fsp3) is 0.881. The molecule has 0 radical (unpaired) electrons. The molecule has 3 aliphatic heterocycles. The van der Waals surface area contributed by atoms with Gasteiger partial charge in [0, 0.05) is 91.0 Å². The maximum Gasteiger partial charge on any atom is 0.303 e. The summed E-state index contributed by atoms with van der Waals surface area (Å²) < 4.78 is 0. The number of nitrogens with two attached hydrogens (primary N) is 4. The van der Waals surface area contributed by atoms with Gasteiger partial charge in [-0.25, -0.2) is 0 Å². The number of hydrogen-bond donors (Lipinski definition) is 9. The third-order valence-corrected chi connectivity index (χ3v) is 10.1. The number of hydrogen-bond acceptors (Lipinski definition) is 13. The molecular formula is C42H87N9O9. The summed E-state index contributed by atoms with van der Waals surface area (Å²) in [5.41, 5.74) is 22.0. The molecule has 0 saturated carbocycles. The zero-order valence-electron chi connectivity index (χ0n) is 37.1. The van der Waals surface area contributed by atoms with Crippen molar-refractivity contribution in [2.45, 2.75) is 128 Å². The van der Waals surface area contributed by atoms with E-state index in [2.05, 4.69) is 24.9 Å². The minimum atomic E-state index is -0.870. The van der Waals surface area contributed by atoms with Gasteiger partial charge in [-0.05, 0) is 117 Å². The van der Waals surface area contributed by atoms with Crippen molar-refractivity contribution in [1.29, 1.82) is 0 Å². The predicted octanol–water partition coefficient (Wildman–Crippen LogP) is 2.27. The van der Waals surface area contributed by atoms with Gasteiger partial charge in [0.05, 0.1) is 0 Å². The minimum absolute atomic E-state index is 0.0628. The first-order chi connectivity index (χ1) is 28.9. The highest BCUT2D eigenvalue weighted by molar-refractivity contribution is 5.75. The summed E-state index contributed by atoms with van der Waals surface area (Å²) in [7, 11) is 0. The van der Waals surface area contributed by atoms with E-state index in [4.69, 9.17) is 43.4 Å². The number of carbonyl (C=O) groups excluding carboxylic acids is 1. The summed E-state index contributed by atoms with van der Waals surface area (Å²) in [5.74, 6) is -3.00. The number of unbranched alkanes of at least 4 members (excludes halogenated alkanes) is 6. The Balaban J connectivity index is 0. The van der Waals surface area contributed by atoms with E-state index in [-0.39, 0.29) is 31.6 Å². The molecule has 0 aromatic heterocycles. The predicted molar refractivity (Wildman–Crippen MR) is 238 cm³/mol. The topological polar surface area (TPSA) is 295 Å². The van der Waals surface area contributed by atoms with Crippen LogP contribution < -0.4 is 28.3 Å². The van der Waals surface area contributed by atoms with Gasteiger partial charge in [0.2, 0.25) is 5.91 Å². The molecule has 0 aromatic carbocycles. The smallest absolute Gasteiger partial charge is 0.303 e. The van der Waals surface area contributed by atoms with Crippen LogP contribution in [0.2, 0.25) is 0 Å². The molecule has 3 heterocycles. The first-order valence-corrected chi connectivity index (χ1v) is 22.7. The number of rotatable bonds is 26. The van der Waals surface area contributed by atoms with Crippen molar-refractivity contribution >= 4 is 29.8 Å². The Morgan fingerprint density at radius 3 is 0.950 bits per heavy atom. The van der Waals surface area contributed by atoms with Gasteiger partial charge in [0.25, 0.3) is 0 Å². The van der Waals surface area contributed by atoms with E-state index in [1.54, 1.807) is 0 Å². The molecule has 0 aromatic rings. The lowest BCUT2D eigenvalue weighted by Gasteiger charge is -2.34. The molecular weight excluding hydrogens is 775 g/mol. The molecule has 0 atom stereocenters. The second-order valence-corrected chi connectivity index (χ2v) is 15.5. The zero-order chi connectivity index (χ0) is 45.1. The van der Waals surface area contributed by atoms with Crippen molar-refractivity contribution in [1.82, 2.24) is 24.9 Å². The highest BCUT2D eigenvalue weighted by atomic mass is 16.4. The normalized spacial score (nSPS) is 16.2. The largest absolute Gasteiger partial charge is 0.481 e. The van der Waals surface area contributed by atoms with E-state index < -0.39 is 23.9 Å². The number of amides is 1. The maximum absolute atomic E-state index is 10.6. The minimum Gasteiger partial charge on any atom is -0.481 e. The van der Waals surface area contributed by atoms with Crippen molar-refractivity contribution in [3.05, 3.63) is 0 Å². The monoisotopic (exact) mass is 862 g/mol. The molecule has 0 spiro atoms. The summed E-state index contributed by atoms with van der Waals surface area (Å²) in [6.07, 6.45) is 15.5. The number of carbonyl (C=O) groups is 5. The fourth-order valence-corrected chi connectivity index (χ4v) is 6.45. The van der Waals surface area contributed by atoms with Gasteiger partial charge in [-0.1, -0.05) is 32.1 Å². The molecule has 0 aliphatic carbocycles. The van der Waals surface area contributed by atoms with E-state index >= 15 is 0 Å². The van der Waals surface area contributed by atoms with Crippen molar-refractivity contribution in [3.8, 4) is 0 Å². The van der Waals surface area contributed by atoms with Gasteiger partial charge in [-0.2, -0.15) is 0 Å². The molecule has 3 aliphatic rings. The summed E-state index contributed by atoms with van der Waals surface area (Å²) in [6.45, 7) is 18.4. The van der Waals surface area contributed by atoms with Crippen LogP contribution in [0.1, 0.15) is 128 Å². The Hall–Kier alpha value is -2.97. The molecule has 18 nitrogen and oxygen atoms in total. The van der Waals surface area contributed by atoms with E-state index in [0.29, 0.717) is 12.8 Å². The standard InChI is InChI=1S/2C10H24N4.C10H18O4.C6H11NO.C6H10O4/c2*11-3-1-5-13-7-9-14(10-8-13)6-2-4-12;11-9(12)7-5-3-1-2-4-6-8-10(13)14;8-6-4-2-1-3-5-7-6;7-5(8)3-1-2-4-6(9)10/h2*1-12H2;1-8H2,(H,11,12)(H,13,14);1-5H2,(H,7,8);1-4H2,(H,7,8)(H,9,10). The van der Waals surface area contributed by atoms with Crippen molar-refractivity contribution in [2.24, 2.45) is 22.9 Å². The van der Waals surface area contributed by atoms with Crippen LogP contribution in [0.4, 0.5) is 0 Å². The van der Waals surface area contributed by atoms with Gasteiger partial charge < -0.3 is 68.3 Å². The van der Waals surface area contributed by atoms with E-state index in [1.807, 2.05) is 0 Å². The Morgan fingerprint density at radius 2 is 0.683 bits per heavy atom. The molecule has 1 amide bonds. The van der Waals surface area contributed by atoms with Crippen LogP contribution in [0.15, 0.2) is 0 Å². The maximum atomic E-state index is 10.6. The van der Waals surface area contributed by atoms with E-state index in [0.717, 1.165) is 116 Å². The SMILES string of the molecule is NCCCN1CCN(CCCN)CC1.NCCCN1CCN(CCCN)CC1.O=C(O)CCCCC(=O)O.O=C(O)CCCCCCCCC(=O)O.O=C1CCCCCN1. The molecule has 0 unspecified atom stereocenters. The Labute approximate surface area is 361 Å². The Bertz CT molecular complexity index is 936. The van der Waals surface area contributed by atoms with Gasteiger partial charge in [0.1, 0.15) is 0 Å². The summed E-state index contributed by atoms with van der Waals surface area (Å²) >= 11 is 0. The summed E-state index contributed by atoms with van der Waals surface area (Å²) in [4.78, 5) is 60.7. The Morgan fingerprint density at radius 1 is 0.417 bits per heavy atom. The lowest BCUT2D eigenvalue weighted by molar-refractivity contribution is -0.139. The van der Waals surface area contributed by atoms with Gasteiger partial charge in [-0.15, -0.1) is 0 Å². The third-order valence-electron chi connectivity index (χ3n) is 10.1. The molecule has 354 valence electrons. The van der Waals surface area contributed by atoms with Crippen LogP contribution in [-0.4, -0.2) is 181 Å². The Kier molecular flexibility index (Phi) is 43.5. The van der Waals surface area contributed by atoms with Gasteiger partial charge >= 0.3 is 23.9 Å². The third kappa shape index (κ3) is 44.6. The molecule has 3 saturated heterocycles. The molecule has 18 heteroatoms. The van der Waals surface area contributed by atoms with Crippen LogP contribution >= 0.6 is 0 Å². The van der Waals surface area contributed by atoms with Crippen molar-refractivity contribution in [3.63, 3.8) is 0 Å². The molecule has 0 bridgehead atoms. The van der Waals surface area contributed by atoms with Crippen LogP contribution in [0, 0.1) is 0 Å². The van der Waals surface area contributed by atoms with Crippen LogP contribution in [0.5, 0.6) is 0 Å². The van der Waals surface area contributed by atoms with Gasteiger partial charge in [-0.3, -0.25) is 24.0 Å². The molecule has 3 fully saturated rings. The van der Waals surface area contributed by atoms with Crippen LogP contribution in [0.3, 0.4) is 0 Å². The van der Waals surface area contributed by atoms with Crippen LogP contribution in [-0.2, 0) is 24.0 Å². The second kappa shape index (κ2) is 44.1. The van der Waals surface area contributed by atoms with Crippen molar-refractivity contribution < 1.29 is 44.4 Å². The number of carboxylic acids is 4. The highest BCUT2D eigenvalue weighted by Gasteiger charge is 2.16. The van der Waals surface area contributed by atoms with E-state index in [1.165, 1.54) is 85.0 Å². The highest BCUT2D eigenvalue weighted by Crippen LogP contribution is 2.09. The van der Waals surface area contributed by atoms with Crippen molar-refractivity contribution in [2.75, 3.05) is 111 Å². The second-order valence-electron chi connectivity index (χ2n) is 15.5. The number of carboxylic acid groups (broad SMARTS) is 4. The fourth-order valence-electron chi connectivity index (χ4n) is 6.45.